The van der Waals surface area contributed by atoms with E-state index in [1.165, 1.54) is 16.7 Å². The van der Waals surface area contributed by atoms with Gasteiger partial charge in [0.1, 0.15) is 0 Å². The van der Waals surface area contributed by atoms with Crippen LogP contribution in [-0.4, -0.2) is 38.5 Å². The molecule has 0 spiro atoms. The van der Waals surface area contributed by atoms with Crippen molar-refractivity contribution >= 4 is 15.8 Å². The molecule has 1 fully saturated rings. The Morgan fingerprint density at radius 2 is 2.08 bits per heavy atom. The maximum absolute atomic E-state index is 11.6. The average Bonchev–Trinajstić information content (AvgIpc) is 2.82. The number of guanidine groups is 1. The third-order valence-corrected chi connectivity index (χ3v) is 6.05. The summed E-state index contributed by atoms with van der Waals surface area (Å²) in [6.45, 7) is 9.57. The fraction of sp³-hybridized carbons (Fsp3) is 0.611. The zero-order chi connectivity index (χ0) is 17.7. The highest BCUT2D eigenvalue weighted by Gasteiger charge is 2.27. The molecular formula is C18H29N3O2S. The van der Waals surface area contributed by atoms with E-state index in [-0.39, 0.29) is 17.7 Å². The van der Waals surface area contributed by atoms with Crippen LogP contribution < -0.4 is 10.6 Å². The van der Waals surface area contributed by atoms with Crippen molar-refractivity contribution in [2.75, 3.05) is 18.1 Å². The highest BCUT2D eigenvalue weighted by atomic mass is 32.2. The van der Waals surface area contributed by atoms with Crippen molar-refractivity contribution in [3.8, 4) is 0 Å². The second-order valence-electron chi connectivity index (χ2n) is 7.04. The highest BCUT2D eigenvalue weighted by Crippen LogP contribution is 2.17. The van der Waals surface area contributed by atoms with Gasteiger partial charge in [-0.2, -0.15) is 0 Å². The van der Waals surface area contributed by atoms with Gasteiger partial charge in [-0.15, -0.1) is 0 Å². The van der Waals surface area contributed by atoms with Crippen LogP contribution in [0, 0.1) is 19.8 Å². The molecule has 2 N–H and O–H groups in total. The van der Waals surface area contributed by atoms with Crippen LogP contribution in [0.3, 0.4) is 0 Å². The number of nitrogens with zero attached hydrogens (tertiary/aromatic N) is 1. The minimum Gasteiger partial charge on any atom is -0.356 e. The topological polar surface area (TPSA) is 70.6 Å². The van der Waals surface area contributed by atoms with Gasteiger partial charge in [0, 0.05) is 12.6 Å². The summed E-state index contributed by atoms with van der Waals surface area (Å²) in [7, 11) is -2.83. The molecule has 134 valence electrons. The zero-order valence-corrected chi connectivity index (χ0v) is 15.9. The Hall–Kier alpha value is -1.56. The second-order valence-corrected chi connectivity index (χ2v) is 9.27. The molecule has 1 aliphatic heterocycles. The Balaban J connectivity index is 1.99. The maximum Gasteiger partial charge on any atom is 0.191 e. The van der Waals surface area contributed by atoms with E-state index in [4.69, 9.17) is 0 Å². The van der Waals surface area contributed by atoms with Crippen molar-refractivity contribution < 1.29 is 8.42 Å². The number of sulfone groups is 1. The Labute approximate surface area is 145 Å². The molecule has 0 amide bonds. The number of aryl methyl sites for hydroxylation is 2. The predicted octanol–water partition coefficient (Wildman–Crippen LogP) is 2.18. The van der Waals surface area contributed by atoms with Gasteiger partial charge in [0.25, 0.3) is 0 Å². The monoisotopic (exact) mass is 351 g/mol. The van der Waals surface area contributed by atoms with Crippen molar-refractivity contribution in [1.29, 1.82) is 0 Å². The van der Waals surface area contributed by atoms with E-state index in [0.717, 1.165) is 12.4 Å². The molecule has 0 saturated carbocycles. The number of benzene rings is 1. The van der Waals surface area contributed by atoms with Crippen molar-refractivity contribution in [2.24, 2.45) is 10.9 Å². The van der Waals surface area contributed by atoms with Crippen LogP contribution >= 0.6 is 0 Å². The van der Waals surface area contributed by atoms with E-state index >= 15 is 0 Å². The molecule has 0 radical (unpaired) electrons. The summed E-state index contributed by atoms with van der Waals surface area (Å²) in [5.41, 5.74) is 3.69. The molecular weight excluding hydrogens is 322 g/mol. The van der Waals surface area contributed by atoms with Crippen LogP contribution in [0.5, 0.6) is 0 Å². The van der Waals surface area contributed by atoms with Crippen molar-refractivity contribution in [1.82, 2.24) is 10.6 Å². The largest absolute Gasteiger partial charge is 0.356 e. The molecule has 2 rings (SSSR count). The molecule has 6 heteroatoms. The lowest BCUT2D eigenvalue weighted by Crippen LogP contribution is -2.43. The van der Waals surface area contributed by atoms with E-state index in [1.807, 2.05) is 0 Å². The molecule has 5 nitrogen and oxygen atoms in total. The van der Waals surface area contributed by atoms with Gasteiger partial charge in [-0.3, -0.25) is 0 Å². The highest BCUT2D eigenvalue weighted by molar-refractivity contribution is 7.91. The van der Waals surface area contributed by atoms with E-state index in [1.54, 1.807) is 0 Å². The Kier molecular flexibility index (Phi) is 6.27. The summed E-state index contributed by atoms with van der Waals surface area (Å²) < 4.78 is 23.1. The minimum absolute atomic E-state index is 0.176. The number of hydrogen-bond donors (Lipinski definition) is 2. The van der Waals surface area contributed by atoms with Crippen molar-refractivity contribution in [3.63, 3.8) is 0 Å². The molecule has 1 atom stereocenters. The number of hydrogen-bond acceptors (Lipinski definition) is 3. The van der Waals surface area contributed by atoms with Crippen molar-refractivity contribution in [2.45, 2.75) is 46.7 Å². The first-order chi connectivity index (χ1) is 11.2. The van der Waals surface area contributed by atoms with Crippen LogP contribution in [0.2, 0.25) is 0 Å². The quantitative estimate of drug-likeness (QED) is 0.630. The Morgan fingerprint density at radius 1 is 1.33 bits per heavy atom. The molecule has 1 aromatic rings. The van der Waals surface area contributed by atoms with Gasteiger partial charge in [0.15, 0.2) is 15.8 Å². The summed E-state index contributed by atoms with van der Waals surface area (Å²) >= 11 is 0. The van der Waals surface area contributed by atoms with Crippen LogP contribution in [0.1, 0.15) is 37.0 Å². The van der Waals surface area contributed by atoms with Gasteiger partial charge in [0.05, 0.1) is 18.1 Å². The average molecular weight is 352 g/mol. The molecule has 0 bridgehead atoms. The van der Waals surface area contributed by atoms with Crippen molar-refractivity contribution in [3.05, 3.63) is 34.9 Å². The van der Waals surface area contributed by atoms with Crippen LogP contribution in [-0.2, 0) is 16.4 Å². The van der Waals surface area contributed by atoms with Gasteiger partial charge in [0.2, 0.25) is 0 Å². The molecule has 1 saturated heterocycles. The number of aliphatic imine (C=N–C) groups is 1. The van der Waals surface area contributed by atoms with Gasteiger partial charge in [-0.25, -0.2) is 13.4 Å². The van der Waals surface area contributed by atoms with Crippen LogP contribution in [0.15, 0.2) is 23.2 Å². The van der Waals surface area contributed by atoms with E-state index in [2.05, 4.69) is 61.5 Å². The van der Waals surface area contributed by atoms with Gasteiger partial charge in [-0.05, 0) is 51.2 Å². The van der Waals surface area contributed by atoms with E-state index in [9.17, 15) is 8.42 Å². The summed E-state index contributed by atoms with van der Waals surface area (Å²) in [6.07, 6.45) is 0.737. The minimum atomic E-state index is -2.83. The molecule has 0 aromatic heterocycles. The summed E-state index contributed by atoms with van der Waals surface area (Å²) in [4.78, 5) is 4.67. The van der Waals surface area contributed by atoms with Crippen LogP contribution in [0.4, 0.5) is 0 Å². The molecule has 1 aliphatic rings. The van der Waals surface area contributed by atoms with Crippen LogP contribution in [0.25, 0.3) is 0 Å². The third kappa shape index (κ3) is 5.82. The van der Waals surface area contributed by atoms with Gasteiger partial charge >= 0.3 is 0 Å². The lowest BCUT2D eigenvalue weighted by atomic mass is 10.1. The van der Waals surface area contributed by atoms with Gasteiger partial charge in [-0.1, -0.05) is 23.8 Å². The molecule has 1 heterocycles. The first-order valence-electron chi connectivity index (χ1n) is 8.56. The second kappa shape index (κ2) is 8.01. The summed E-state index contributed by atoms with van der Waals surface area (Å²) in [6, 6.07) is 6.65. The molecule has 1 unspecified atom stereocenters. The molecule has 24 heavy (non-hydrogen) atoms. The SMILES string of the molecule is Cc1ccc(CN=C(NCC2CCS(=O)(=O)C2)NC(C)C)c(C)c1. The lowest BCUT2D eigenvalue weighted by Gasteiger charge is -2.17. The first kappa shape index (κ1) is 18.8. The normalized spacial score (nSPS) is 20.4. The Morgan fingerprint density at radius 3 is 2.67 bits per heavy atom. The predicted molar refractivity (Wildman–Crippen MR) is 100 cm³/mol. The fourth-order valence-corrected chi connectivity index (χ4v) is 4.75. The summed E-state index contributed by atoms with van der Waals surface area (Å²) in [5.74, 6) is 1.52. The van der Waals surface area contributed by atoms with E-state index in [0.29, 0.717) is 18.8 Å². The molecule has 1 aromatic carbocycles. The zero-order valence-electron chi connectivity index (χ0n) is 15.1. The standard InChI is InChI=1S/C18H29N3O2S/c1-13(2)21-18(19-10-16-7-8-24(22,23)12-16)20-11-17-6-5-14(3)9-15(17)4/h5-6,9,13,16H,7-8,10-12H2,1-4H3,(H2,19,20,21). The number of rotatable bonds is 5. The fourth-order valence-electron chi connectivity index (χ4n) is 2.89. The van der Waals surface area contributed by atoms with E-state index < -0.39 is 9.84 Å². The lowest BCUT2D eigenvalue weighted by molar-refractivity contribution is 0.562. The summed E-state index contributed by atoms with van der Waals surface area (Å²) in [5, 5.41) is 6.62. The number of nitrogens with one attached hydrogen (secondary N) is 2. The third-order valence-electron chi connectivity index (χ3n) is 4.22. The smallest absolute Gasteiger partial charge is 0.191 e. The Bertz CT molecular complexity index is 696. The van der Waals surface area contributed by atoms with Gasteiger partial charge < -0.3 is 10.6 Å². The maximum atomic E-state index is 11.6. The molecule has 0 aliphatic carbocycles. The first-order valence-corrected chi connectivity index (χ1v) is 10.4.